The molecule has 0 aliphatic rings. The number of methoxy groups -OCH3 is 2. The summed E-state index contributed by atoms with van der Waals surface area (Å²) in [6.45, 7) is -0.0669. The third-order valence-electron chi connectivity index (χ3n) is 3.44. The Bertz CT molecular complexity index is 810. The summed E-state index contributed by atoms with van der Waals surface area (Å²) in [4.78, 5) is 23.8. The molecule has 0 saturated carbocycles. The van der Waals surface area contributed by atoms with E-state index in [-0.39, 0.29) is 30.4 Å². The van der Waals surface area contributed by atoms with Crippen LogP contribution in [-0.2, 0) is 16.1 Å². The van der Waals surface area contributed by atoms with E-state index < -0.39 is 5.97 Å². The zero-order valence-electron chi connectivity index (χ0n) is 14.2. The molecule has 8 heteroatoms. The fraction of sp³-hybridized carbons (Fsp3) is 0.222. The first kappa shape index (κ1) is 19.9. The van der Waals surface area contributed by atoms with Gasteiger partial charge in [-0.25, -0.2) is 4.79 Å². The van der Waals surface area contributed by atoms with Crippen molar-refractivity contribution in [2.24, 2.45) is 0 Å². The smallest absolute Gasteiger partial charge is 0.341 e. The Labute approximate surface area is 160 Å². The van der Waals surface area contributed by atoms with Crippen molar-refractivity contribution in [2.45, 2.75) is 6.54 Å². The van der Waals surface area contributed by atoms with Gasteiger partial charge < -0.3 is 19.5 Å². The average molecular weight is 398 g/mol. The highest BCUT2D eigenvalue weighted by atomic mass is 35.5. The number of esters is 1. The summed E-state index contributed by atoms with van der Waals surface area (Å²) in [6, 6.07) is 9.62. The first-order chi connectivity index (χ1) is 12.4. The molecule has 0 saturated heterocycles. The van der Waals surface area contributed by atoms with Crippen LogP contribution in [0.4, 0.5) is 0 Å². The van der Waals surface area contributed by atoms with E-state index in [1.165, 1.54) is 26.4 Å². The minimum atomic E-state index is -0.573. The Morgan fingerprint density at radius 1 is 1.08 bits per heavy atom. The van der Waals surface area contributed by atoms with E-state index in [4.69, 9.17) is 37.4 Å². The molecule has 2 aromatic rings. The summed E-state index contributed by atoms with van der Waals surface area (Å²) < 4.78 is 15.3. The Morgan fingerprint density at radius 2 is 1.85 bits per heavy atom. The second-order valence-corrected chi connectivity index (χ2v) is 6.00. The lowest BCUT2D eigenvalue weighted by molar-refractivity contribution is -0.123. The molecular weight excluding hydrogens is 381 g/mol. The highest BCUT2D eigenvalue weighted by molar-refractivity contribution is 6.35. The molecule has 6 nitrogen and oxygen atoms in total. The maximum atomic E-state index is 12.0. The number of halogens is 2. The number of rotatable bonds is 7. The second-order valence-electron chi connectivity index (χ2n) is 5.15. The Kier molecular flexibility index (Phi) is 7.12. The molecule has 0 unspecified atom stereocenters. The van der Waals surface area contributed by atoms with Crippen molar-refractivity contribution in [1.29, 1.82) is 0 Å². The van der Waals surface area contributed by atoms with Crippen molar-refractivity contribution < 1.29 is 23.8 Å². The van der Waals surface area contributed by atoms with Gasteiger partial charge in [0.15, 0.2) is 6.61 Å². The quantitative estimate of drug-likeness (QED) is 0.723. The summed E-state index contributed by atoms with van der Waals surface area (Å²) in [5.74, 6) is -0.275. The van der Waals surface area contributed by atoms with Gasteiger partial charge in [0.05, 0.1) is 14.2 Å². The van der Waals surface area contributed by atoms with Crippen LogP contribution in [0.2, 0.25) is 10.0 Å². The topological polar surface area (TPSA) is 73.9 Å². The van der Waals surface area contributed by atoms with Crippen LogP contribution in [0.3, 0.4) is 0 Å². The standard InChI is InChI=1S/C18H17Cl2NO5/c1-24-13-5-6-14(18(23)25-2)16(8-13)26-10-17(22)21-9-11-3-4-12(19)7-15(11)20/h3-8H,9-10H2,1-2H3,(H,21,22). The maximum absolute atomic E-state index is 12.0. The average Bonchev–Trinajstić information content (AvgIpc) is 2.64. The Hall–Kier alpha value is -2.44. The molecule has 0 radical (unpaired) electrons. The predicted molar refractivity (Wildman–Crippen MR) is 98.1 cm³/mol. The van der Waals surface area contributed by atoms with Crippen molar-refractivity contribution in [3.05, 3.63) is 57.6 Å². The number of carbonyl (C=O) groups is 2. The molecule has 2 aromatic carbocycles. The van der Waals surface area contributed by atoms with Crippen LogP contribution < -0.4 is 14.8 Å². The maximum Gasteiger partial charge on any atom is 0.341 e. The summed E-state index contributed by atoms with van der Waals surface area (Å²) in [5.41, 5.74) is 0.919. The number of ether oxygens (including phenoxy) is 3. The van der Waals surface area contributed by atoms with E-state index in [0.717, 1.165) is 5.56 Å². The van der Waals surface area contributed by atoms with E-state index in [1.807, 2.05) is 0 Å². The van der Waals surface area contributed by atoms with E-state index in [1.54, 1.807) is 24.3 Å². The Balaban J connectivity index is 1.99. The summed E-state index contributed by atoms with van der Waals surface area (Å²) >= 11 is 11.9. The zero-order valence-corrected chi connectivity index (χ0v) is 15.7. The van der Waals surface area contributed by atoms with Gasteiger partial charge in [-0.1, -0.05) is 29.3 Å². The van der Waals surface area contributed by atoms with Gasteiger partial charge in [-0.2, -0.15) is 0 Å². The lowest BCUT2D eigenvalue weighted by Gasteiger charge is -2.12. The SMILES string of the molecule is COC(=O)c1ccc(OC)cc1OCC(=O)NCc1ccc(Cl)cc1Cl. The monoisotopic (exact) mass is 397 g/mol. The first-order valence-electron chi connectivity index (χ1n) is 7.54. The normalized spacial score (nSPS) is 10.2. The second kappa shape index (κ2) is 9.31. The number of hydrogen-bond donors (Lipinski definition) is 1. The fourth-order valence-corrected chi connectivity index (χ4v) is 2.56. The number of hydrogen-bond acceptors (Lipinski definition) is 5. The highest BCUT2D eigenvalue weighted by Gasteiger charge is 2.15. The number of benzene rings is 2. The van der Waals surface area contributed by atoms with Gasteiger partial charge in [-0.3, -0.25) is 4.79 Å². The molecule has 0 aliphatic carbocycles. The third-order valence-corrected chi connectivity index (χ3v) is 4.03. The van der Waals surface area contributed by atoms with Gasteiger partial charge in [0, 0.05) is 22.7 Å². The van der Waals surface area contributed by atoms with Gasteiger partial charge in [-0.15, -0.1) is 0 Å². The largest absolute Gasteiger partial charge is 0.497 e. The van der Waals surface area contributed by atoms with Gasteiger partial charge in [0.1, 0.15) is 17.1 Å². The first-order valence-corrected chi connectivity index (χ1v) is 8.30. The van der Waals surface area contributed by atoms with Crippen LogP contribution in [0.15, 0.2) is 36.4 Å². The molecular formula is C18H17Cl2NO5. The molecule has 138 valence electrons. The Morgan fingerprint density at radius 3 is 2.50 bits per heavy atom. The molecule has 1 N–H and O–H groups in total. The van der Waals surface area contributed by atoms with Crippen LogP contribution in [0.25, 0.3) is 0 Å². The van der Waals surface area contributed by atoms with Crippen molar-refractivity contribution in [1.82, 2.24) is 5.32 Å². The van der Waals surface area contributed by atoms with Gasteiger partial charge in [0.25, 0.3) is 5.91 Å². The minimum Gasteiger partial charge on any atom is -0.497 e. The van der Waals surface area contributed by atoms with E-state index in [0.29, 0.717) is 15.8 Å². The molecule has 0 bridgehead atoms. The number of amides is 1. The number of carbonyl (C=O) groups excluding carboxylic acids is 2. The van der Waals surface area contributed by atoms with E-state index in [2.05, 4.69) is 5.32 Å². The van der Waals surface area contributed by atoms with Crippen molar-refractivity contribution in [3.8, 4) is 11.5 Å². The fourth-order valence-electron chi connectivity index (χ4n) is 2.08. The van der Waals surface area contributed by atoms with Crippen molar-refractivity contribution in [2.75, 3.05) is 20.8 Å². The van der Waals surface area contributed by atoms with Crippen LogP contribution in [0.1, 0.15) is 15.9 Å². The highest BCUT2D eigenvalue weighted by Crippen LogP contribution is 2.25. The molecule has 0 aromatic heterocycles. The third kappa shape index (κ3) is 5.28. The van der Waals surface area contributed by atoms with Crippen molar-refractivity contribution >= 4 is 35.1 Å². The predicted octanol–water partition coefficient (Wildman–Crippen LogP) is 3.48. The van der Waals surface area contributed by atoms with Crippen LogP contribution in [0, 0.1) is 0 Å². The summed E-state index contributed by atoms with van der Waals surface area (Å²) in [5, 5.41) is 3.66. The lowest BCUT2D eigenvalue weighted by Crippen LogP contribution is -2.28. The summed E-state index contributed by atoms with van der Waals surface area (Å²) in [7, 11) is 2.75. The molecule has 0 aliphatic heterocycles. The van der Waals surface area contributed by atoms with Crippen LogP contribution in [-0.4, -0.2) is 32.7 Å². The van der Waals surface area contributed by atoms with Crippen molar-refractivity contribution in [3.63, 3.8) is 0 Å². The molecule has 0 atom stereocenters. The molecule has 0 fully saturated rings. The molecule has 0 spiro atoms. The van der Waals surface area contributed by atoms with E-state index in [9.17, 15) is 9.59 Å². The molecule has 26 heavy (non-hydrogen) atoms. The zero-order chi connectivity index (χ0) is 19.1. The van der Waals surface area contributed by atoms with Crippen LogP contribution in [0.5, 0.6) is 11.5 Å². The van der Waals surface area contributed by atoms with Gasteiger partial charge in [0.2, 0.25) is 0 Å². The number of nitrogens with one attached hydrogen (secondary N) is 1. The summed E-state index contributed by atoms with van der Waals surface area (Å²) in [6.07, 6.45) is 0. The van der Waals surface area contributed by atoms with Crippen LogP contribution >= 0.6 is 23.2 Å². The molecule has 1 amide bonds. The van der Waals surface area contributed by atoms with E-state index >= 15 is 0 Å². The molecule has 0 heterocycles. The lowest BCUT2D eigenvalue weighted by atomic mass is 10.2. The molecule has 2 rings (SSSR count). The van der Waals surface area contributed by atoms with Gasteiger partial charge >= 0.3 is 5.97 Å². The minimum absolute atomic E-state index is 0.191. The van der Waals surface area contributed by atoms with Gasteiger partial charge in [-0.05, 0) is 29.8 Å².